The van der Waals surface area contributed by atoms with Crippen LogP contribution in [0, 0.1) is 13.5 Å². The third-order valence-corrected chi connectivity index (χ3v) is 7.01. The van der Waals surface area contributed by atoms with Crippen LogP contribution in [-0.4, -0.2) is 0 Å². The highest BCUT2D eigenvalue weighted by Crippen LogP contribution is 2.54. The number of unbranched alkanes of at least 4 members (excludes halogenated alkanes) is 6. The summed E-state index contributed by atoms with van der Waals surface area (Å²) < 4.78 is 0. The van der Waals surface area contributed by atoms with Crippen molar-refractivity contribution in [3.8, 4) is 11.1 Å². The van der Waals surface area contributed by atoms with Crippen molar-refractivity contribution in [3.05, 3.63) is 75.8 Å². The predicted molar refractivity (Wildman–Crippen MR) is 135 cm³/mol. The number of fused-ring (bicyclic) bond motifs is 3. The van der Waals surface area contributed by atoms with Crippen LogP contribution in [0.2, 0.25) is 0 Å². The van der Waals surface area contributed by atoms with Crippen molar-refractivity contribution in [3.63, 3.8) is 0 Å². The average molecular weight is 414 g/mol. The zero-order chi connectivity index (χ0) is 22.3. The molecule has 31 heavy (non-hydrogen) atoms. The van der Waals surface area contributed by atoms with Crippen LogP contribution in [0.5, 0.6) is 0 Å². The second-order valence-corrected chi connectivity index (χ2v) is 9.46. The lowest BCUT2D eigenvalue weighted by molar-refractivity contribution is 0.401. The molecule has 0 spiro atoms. The van der Waals surface area contributed by atoms with Crippen LogP contribution in [0.4, 0.5) is 0 Å². The average Bonchev–Trinajstić information content (AvgIpc) is 3.03. The highest BCUT2D eigenvalue weighted by atomic mass is 14.6. The first-order valence-electron chi connectivity index (χ1n) is 12.4. The van der Waals surface area contributed by atoms with Gasteiger partial charge in [0.2, 0.25) is 0 Å². The first-order valence-corrected chi connectivity index (χ1v) is 12.4. The second kappa shape index (κ2) is 10.8. The molecular formula is C30H39N. The van der Waals surface area contributed by atoms with Crippen molar-refractivity contribution in [2.24, 2.45) is 0 Å². The molecule has 2 aromatic rings. The summed E-state index contributed by atoms with van der Waals surface area (Å²) in [6.45, 7) is 16.1. The molecule has 164 valence electrons. The number of hydrogen-bond acceptors (Lipinski definition) is 0. The van der Waals surface area contributed by atoms with Gasteiger partial charge < -0.3 is 0 Å². The molecule has 0 saturated heterocycles. The molecule has 1 nitrogen and oxygen atoms in total. The Labute approximate surface area is 190 Å². The van der Waals surface area contributed by atoms with E-state index >= 15 is 0 Å². The molecule has 1 heteroatoms. The smallest absolute Gasteiger partial charge is 0.163 e. The summed E-state index contributed by atoms with van der Waals surface area (Å²) in [5, 5.41) is 0. The maximum Gasteiger partial charge on any atom is 0.163 e. The summed E-state index contributed by atoms with van der Waals surface area (Å²) in [5.74, 6) is 0. The Morgan fingerprint density at radius 1 is 0.839 bits per heavy atom. The molecule has 0 bridgehead atoms. The van der Waals surface area contributed by atoms with Gasteiger partial charge in [0.1, 0.15) is 0 Å². The van der Waals surface area contributed by atoms with Gasteiger partial charge in [0.15, 0.2) is 5.70 Å². The molecule has 0 amide bonds. The summed E-state index contributed by atoms with van der Waals surface area (Å²) in [5.41, 5.74) is 9.32. The zero-order valence-corrected chi connectivity index (χ0v) is 20.1. The summed E-state index contributed by atoms with van der Waals surface area (Å²) >= 11 is 0. The molecular weight excluding hydrogens is 374 g/mol. The van der Waals surface area contributed by atoms with Crippen molar-refractivity contribution in [2.45, 2.75) is 97.3 Å². The summed E-state index contributed by atoms with van der Waals surface area (Å²) in [6, 6.07) is 14.0. The van der Waals surface area contributed by atoms with Crippen LogP contribution >= 0.6 is 0 Å². The fourth-order valence-corrected chi connectivity index (χ4v) is 5.36. The number of benzene rings is 2. The number of hydrogen-bond donors (Lipinski definition) is 0. The third-order valence-electron chi connectivity index (χ3n) is 7.01. The molecule has 0 fully saturated rings. The minimum atomic E-state index is 0.119. The highest BCUT2D eigenvalue weighted by Gasteiger charge is 2.42. The Morgan fingerprint density at radius 2 is 1.42 bits per heavy atom. The lowest BCUT2D eigenvalue weighted by Gasteiger charge is -2.33. The first-order chi connectivity index (χ1) is 15.1. The zero-order valence-electron chi connectivity index (χ0n) is 20.1. The molecule has 0 aliphatic heterocycles. The topological polar surface area (TPSA) is 4.36 Å². The van der Waals surface area contributed by atoms with Crippen LogP contribution in [-0.2, 0) is 5.41 Å². The minimum absolute atomic E-state index is 0.119. The van der Waals surface area contributed by atoms with Gasteiger partial charge in [-0.15, -0.1) is 0 Å². The van der Waals surface area contributed by atoms with E-state index in [0.29, 0.717) is 0 Å². The molecule has 0 N–H and O–H groups in total. The SMILES string of the molecule is [C-]#[N+]/C(C)=C\c1ccc2c(c1)C(CCCCCC)(CCCCCC)c1cc(C)ccc1-2. The van der Waals surface area contributed by atoms with E-state index in [2.05, 4.69) is 62.0 Å². The van der Waals surface area contributed by atoms with Crippen LogP contribution in [0.1, 0.15) is 107 Å². The van der Waals surface area contributed by atoms with E-state index in [-0.39, 0.29) is 5.41 Å². The van der Waals surface area contributed by atoms with Gasteiger partial charge in [0.05, 0.1) is 6.57 Å². The normalized spacial score (nSPS) is 14.2. The van der Waals surface area contributed by atoms with Gasteiger partial charge in [-0.3, -0.25) is 0 Å². The molecule has 1 aliphatic carbocycles. The van der Waals surface area contributed by atoms with Gasteiger partial charge in [-0.05, 0) is 54.5 Å². The molecule has 0 atom stereocenters. The van der Waals surface area contributed by atoms with E-state index in [1.54, 1.807) is 5.56 Å². The molecule has 0 aromatic heterocycles. The van der Waals surface area contributed by atoms with Crippen LogP contribution in [0.25, 0.3) is 22.0 Å². The molecule has 1 aliphatic rings. The van der Waals surface area contributed by atoms with Crippen LogP contribution in [0.3, 0.4) is 0 Å². The van der Waals surface area contributed by atoms with Crippen molar-refractivity contribution in [1.29, 1.82) is 0 Å². The van der Waals surface area contributed by atoms with Gasteiger partial charge in [-0.2, -0.15) is 0 Å². The summed E-state index contributed by atoms with van der Waals surface area (Å²) in [6.07, 6.45) is 14.9. The maximum absolute atomic E-state index is 7.34. The van der Waals surface area contributed by atoms with Crippen LogP contribution < -0.4 is 0 Å². The van der Waals surface area contributed by atoms with Crippen LogP contribution in [0.15, 0.2) is 42.1 Å². The number of nitrogens with zero attached hydrogens (tertiary/aromatic N) is 1. The Hall–Kier alpha value is -2.33. The Morgan fingerprint density at radius 3 is 2.00 bits per heavy atom. The standard InChI is InChI=1S/C30H39N/c1-6-8-10-12-18-30(19-13-11-9-7-2)28-20-23(3)14-16-26(28)27-17-15-25(22-29(27)30)21-24(4)31-5/h14-17,20-22H,6-13,18-19H2,1-4H3/b24-21-. The fraction of sp³-hybridized carbons (Fsp3) is 0.500. The fourth-order valence-electron chi connectivity index (χ4n) is 5.36. The monoisotopic (exact) mass is 413 g/mol. The van der Waals surface area contributed by atoms with Gasteiger partial charge in [0.25, 0.3) is 0 Å². The predicted octanol–water partition coefficient (Wildman–Crippen LogP) is 9.48. The van der Waals surface area contributed by atoms with Crippen molar-refractivity contribution in [2.75, 3.05) is 0 Å². The van der Waals surface area contributed by atoms with Crippen molar-refractivity contribution in [1.82, 2.24) is 0 Å². The van der Waals surface area contributed by atoms with E-state index in [1.165, 1.54) is 92.0 Å². The van der Waals surface area contributed by atoms with E-state index in [9.17, 15) is 0 Å². The van der Waals surface area contributed by atoms with Gasteiger partial charge in [0, 0.05) is 5.41 Å². The Kier molecular flexibility index (Phi) is 8.14. The second-order valence-electron chi connectivity index (χ2n) is 9.46. The van der Waals surface area contributed by atoms with Crippen molar-refractivity contribution >= 4 is 6.08 Å². The molecule has 0 radical (unpaired) electrons. The Bertz CT molecular complexity index is 945. The lowest BCUT2D eigenvalue weighted by Crippen LogP contribution is -2.25. The third kappa shape index (κ3) is 5.12. The molecule has 0 heterocycles. The van der Waals surface area contributed by atoms with Gasteiger partial charge in [-0.1, -0.05) is 113 Å². The quantitative estimate of drug-likeness (QED) is 0.255. The van der Waals surface area contributed by atoms with Crippen molar-refractivity contribution < 1.29 is 0 Å². The van der Waals surface area contributed by atoms with Gasteiger partial charge >= 0.3 is 0 Å². The maximum atomic E-state index is 7.34. The lowest BCUT2D eigenvalue weighted by atomic mass is 9.70. The number of rotatable bonds is 11. The highest BCUT2D eigenvalue weighted by molar-refractivity contribution is 5.82. The summed E-state index contributed by atoms with van der Waals surface area (Å²) in [4.78, 5) is 3.62. The first kappa shape index (κ1) is 23.3. The number of allylic oxidation sites excluding steroid dienone is 1. The largest absolute Gasteiger partial charge is 0.243 e. The minimum Gasteiger partial charge on any atom is -0.243 e. The molecule has 3 rings (SSSR count). The van der Waals surface area contributed by atoms with Gasteiger partial charge in [-0.25, -0.2) is 4.85 Å². The number of aryl methyl sites for hydroxylation is 1. The molecule has 2 aromatic carbocycles. The molecule has 0 saturated carbocycles. The summed E-state index contributed by atoms with van der Waals surface area (Å²) in [7, 11) is 0. The van der Waals surface area contributed by atoms with E-state index in [4.69, 9.17) is 6.57 Å². The van der Waals surface area contributed by atoms with E-state index in [0.717, 1.165) is 5.70 Å². The Balaban J connectivity index is 2.10. The molecule has 0 unspecified atom stereocenters. The van der Waals surface area contributed by atoms with E-state index < -0.39 is 0 Å². The van der Waals surface area contributed by atoms with E-state index in [1.807, 2.05) is 13.0 Å².